The van der Waals surface area contributed by atoms with Crippen molar-refractivity contribution in [3.8, 4) is 0 Å². The topological polar surface area (TPSA) is 63.2 Å². The van der Waals surface area contributed by atoms with Crippen molar-refractivity contribution in [2.75, 3.05) is 47.4 Å². The SMILES string of the molecule is B[C@@H]1O[C@H](COC)C(OP(C)(C)=O)[C@@H]1OCCOC. The van der Waals surface area contributed by atoms with E-state index in [9.17, 15) is 4.57 Å². The van der Waals surface area contributed by atoms with E-state index in [1.165, 1.54) is 0 Å². The van der Waals surface area contributed by atoms with Crippen molar-refractivity contribution >= 4 is 15.2 Å². The minimum absolute atomic E-state index is 0.131. The summed E-state index contributed by atoms with van der Waals surface area (Å²) in [5.41, 5.74) is 0. The van der Waals surface area contributed by atoms with Crippen LogP contribution in [0.5, 0.6) is 0 Å². The first-order chi connectivity index (χ1) is 8.89. The molecule has 0 aromatic rings. The van der Waals surface area contributed by atoms with Gasteiger partial charge in [0.15, 0.2) is 7.37 Å². The largest absolute Gasteiger partial charge is 0.382 e. The zero-order chi connectivity index (χ0) is 14.5. The van der Waals surface area contributed by atoms with E-state index in [4.69, 9.17) is 23.5 Å². The highest BCUT2D eigenvalue weighted by Crippen LogP contribution is 2.43. The zero-order valence-corrected chi connectivity index (χ0v) is 13.2. The summed E-state index contributed by atoms with van der Waals surface area (Å²) >= 11 is 0. The van der Waals surface area contributed by atoms with Crippen LogP contribution >= 0.6 is 7.37 Å². The highest BCUT2D eigenvalue weighted by molar-refractivity contribution is 7.57. The van der Waals surface area contributed by atoms with Crippen molar-refractivity contribution in [2.45, 2.75) is 24.3 Å². The Morgan fingerprint density at radius 1 is 1.16 bits per heavy atom. The van der Waals surface area contributed by atoms with Crippen LogP contribution in [0.1, 0.15) is 0 Å². The normalized spacial score (nSPS) is 31.8. The average molecular weight is 294 g/mol. The van der Waals surface area contributed by atoms with Crippen LogP contribution in [0.15, 0.2) is 0 Å². The van der Waals surface area contributed by atoms with Gasteiger partial charge in [-0.3, -0.25) is 4.57 Å². The van der Waals surface area contributed by atoms with Gasteiger partial charge >= 0.3 is 0 Å². The van der Waals surface area contributed by atoms with Crippen LogP contribution in [-0.4, -0.2) is 79.5 Å². The lowest BCUT2D eigenvalue weighted by molar-refractivity contribution is -0.0321. The predicted molar refractivity (Wildman–Crippen MR) is 75.0 cm³/mol. The Morgan fingerprint density at radius 3 is 2.37 bits per heavy atom. The monoisotopic (exact) mass is 294 g/mol. The van der Waals surface area contributed by atoms with Crippen molar-refractivity contribution in [2.24, 2.45) is 0 Å². The summed E-state index contributed by atoms with van der Waals surface area (Å²) in [6, 6.07) is -0.131. The van der Waals surface area contributed by atoms with E-state index in [0.29, 0.717) is 19.8 Å². The maximum atomic E-state index is 11.9. The van der Waals surface area contributed by atoms with Crippen LogP contribution in [0.2, 0.25) is 0 Å². The Balaban J connectivity index is 2.70. The maximum Gasteiger partial charge on any atom is 0.197 e. The van der Waals surface area contributed by atoms with Crippen LogP contribution in [0, 0.1) is 0 Å². The predicted octanol–water partition coefficient (Wildman–Crippen LogP) is -0.0547. The van der Waals surface area contributed by atoms with E-state index >= 15 is 0 Å². The number of hydrogen-bond acceptors (Lipinski definition) is 6. The molecule has 0 radical (unpaired) electrons. The molecule has 0 saturated carbocycles. The molecule has 19 heavy (non-hydrogen) atoms. The lowest BCUT2D eigenvalue weighted by Gasteiger charge is -2.25. The summed E-state index contributed by atoms with van der Waals surface area (Å²) < 4.78 is 39.2. The molecule has 1 rings (SSSR count). The van der Waals surface area contributed by atoms with Crippen molar-refractivity contribution in [3.05, 3.63) is 0 Å². The molecule has 6 nitrogen and oxygen atoms in total. The molecule has 0 bridgehead atoms. The summed E-state index contributed by atoms with van der Waals surface area (Å²) in [6.45, 7) is 4.52. The molecule has 1 fully saturated rings. The molecule has 1 heterocycles. The smallest absolute Gasteiger partial charge is 0.197 e. The first kappa shape index (κ1) is 17.1. The minimum Gasteiger partial charge on any atom is -0.382 e. The molecular weight excluding hydrogens is 270 g/mol. The molecule has 112 valence electrons. The molecule has 0 aliphatic carbocycles. The van der Waals surface area contributed by atoms with Crippen LogP contribution in [-0.2, 0) is 28.0 Å². The number of rotatable bonds is 8. The van der Waals surface area contributed by atoms with E-state index in [1.807, 2.05) is 7.85 Å². The third-order valence-corrected chi connectivity index (χ3v) is 3.60. The second-order valence-corrected chi connectivity index (χ2v) is 7.70. The Hall–Kier alpha value is 0.0949. The van der Waals surface area contributed by atoms with E-state index in [0.717, 1.165) is 0 Å². The molecule has 0 N–H and O–H groups in total. The van der Waals surface area contributed by atoms with Gasteiger partial charge in [-0.25, -0.2) is 0 Å². The van der Waals surface area contributed by atoms with Gasteiger partial charge in [0.1, 0.15) is 26.2 Å². The third-order valence-electron chi connectivity index (χ3n) is 2.85. The molecule has 1 aliphatic heterocycles. The van der Waals surface area contributed by atoms with Gasteiger partial charge in [0.05, 0.1) is 25.8 Å². The van der Waals surface area contributed by atoms with Gasteiger partial charge < -0.3 is 23.5 Å². The van der Waals surface area contributed by atoms with Crippen LogP contribution in [0.4, 0.5) is 0 Å². The molecule has 1 unspecified atom stereocenters. The summed E-state index contributed by atoms with van der Waals surface area (Å²) in [7, 11) is 2.51. The highest BCUT2D eigenvalue weighted by Gasteiger charge is 2.45. The summed E-state index contributed by atoms with van der Waals surface area (Å²) in [5.74, 6) is 0. The second kappa shape index (κ2) is 7.77. The average Bonchev–Trinajstić information content (AvgIpc) is 2.56. The molecular formula is C11H24BO6P. The molecule has 4 atom stereocenters. The minimum atomic E-state index is -2.63. The fourth-order valence-electron chi connectivity index (χ4n) is 2.13. The van der Waals surface area contributed by atoms with Crippen molar-refractivity contribution in [1.29, 1.82) is 0 Å². The fraction of sp³-hybridized carbons (Fsp3) is 1.00. The van der Waals surface area contributed by atoms with Crippen molar-refractivity contribution in [1.82, 2.24) is 0 Å². The Morgan fingerprint density at radius 2 is 1.84 bits per heavy atom. The Kier molecular flexibility index (Phi) is 7.01. The van der Waals surface area contributed by atoms with E-state index in [-0.39, 0.29) is 24.3 Å². The molecule has 0 amide bonds. The molecule has 0 aromatic carbocycles. The van der Waals surface area contributed by atoms with Crippen molar-refractivity contribution in [3.63, 3.8) is 0 Å². The summed E-state index contributed by atoms with van der Waals surface area (Å²) in [6.07, 6.45) is -0.906. The lowest BCUT2D eigenvalue weighted by atomic mass is 9.93. The standard InChI is InChI=1S/C11H24BO6P/c1-14-5-6-16-10-9(18-19(3,4)13)8(7-15-2)17-11(10)12/h8-11H,5-7,12H2,1-4H3/t8-,9?,10+,11-/m1/s1. The molecule has 1 aliphatic rings. The second-order valence-electron chi connectivity index (χ2n) is 4.99. The van der Waals surface area contributed by atoms with Gasteiger partial charge in [-0.1, -0.05) is 0 Å². The van der Waals surface area contributed by atoms with Crippen molar-refractivity contribution < 1.29 is 28.0 Å². The molecule has 0 aromatic heterocycles. The molecule has 1 saturated heterocycles. The first-order valence-corrected chi connectivity index (χ1v) is 8.89. The number of methoxy groups -OCH3 is 2. The Bertz CT molecular complexity index is 310. The molecule has 8 heteroatoms. The Labute approximate surface area is 115 Å². The number of hydrogen-bond donors (Lipinski definition) is 0. The van der Waals surface area contributed by atoms with Gasteiger partial charge in [0.2, 0.25) is 0 Å². The van der Waals surface area contributed by atoms with E-state index in [2.05, 4.69) is 0 Å². The van der Waals surface area contributed by atoms with Gasteiger partial charge in [0.25, 0.3) is 0 Å². The highest BCUT2D eigenvalue weighted by atomic mass is 31.2. The quantitative estimate of drug-likeness (QED) is 0.355. The fourth-order valence-corrected chi connectivity index (χ4v) is 2.97. The van der Waals surface area contributed by atoms with Crippen LogP contribution < -0.4 is 0 Å². The summed E-state index contributed by atoms with van der Waals surface area (Å²) in [4.78, 5) is 0. The molecule has 0 spiro atoms. The van der Waals surface area contributed by atoms with Gasteiger partial charge in [0, 0.05) is 27.5 Å². The van der Waals surface area contributed by atoms with Gasteiger partial charge in [-0.2, -0.15) is 0 Å². The summed E-state index contributed by atoms with van der Waals surface area (Å²) in [5, 5.41) is 0. The van der Waals surface area contributed by atoms with Crippen LogP contribution in [0.3, 0.4) is 0 Å². The number of ether oxygens (including phenoxy) is 4. The van der Waals surface area contributed by atoms with E-state index in [1.54, 1.807) is 27.5 Å². The van der Waals surface area contributed by atoms with E-state index < -0.39 is 7.37 Å². The van der Waals surface area contributed by atoms with Crippen LogP contribution in [0.25, 0.3) is 0 Å². The maximum absolute atomic E-state index is 11.9. The van der Waals surface area contributed by atoms with Gasteiger partial charge in [-0.05, 0) is 0 Å². The first-order valence-electron chi connectivity index (χ1n) is 6.37. The third kappa shape index (κ3) is 5.54. The zero-order valence-electron chi connectivity index (χ0n) is 12.3. The lowest BCUT2D eigenvalue weighted by Crippen LogP contribution is -2.39. The van der Waals surface area contributed by atoms with Gasteiger partial charge in [-0.15, -0.1) is 0 Å².